The summed E-state index contributed by atoms with van der Waals surface area (Å²) in [7, 11) is 0. The van der Waals surface area contributed by atoms with Gasteiger partial charge in [-0.15, -0.1) is 0 Å². The quantitative estimate of drug-likeness (QED) is 0.830. The molecule has 1 atom stereocenters. The summed E-state index contributed by atoms with van der Waals surface area (Å²) in [6, 6.07) is 8.34. The molecule has 0 aliphatic carbocycles. The van der Waals surface area contributed by atoms with Gasteiger partial charge in [-0.3, -0.25) is 4.79 Å². The van der Waals surface area contributed by atoms with Crippen LogP contribution in [0.2, 0.25) is 0 Å². The first-order valence-electron chi connectivity index (χ1n) is 7.79. The van der Waals surface area contributed by atoms with Gasteiger partial charge in [0.05, 0.1) is 0 Å². The molecule has 0 bridgehead atoms. The van der Waals surface area contributed by atoms with Gasteiger partial charge in [-0.05, 0) is 36.4 Å². The van der Waals surface area contributed by atoms with Gasteiger partial charge in [0.15, 0.2) is 0 Å². The van der Waals surface area contributed by atoms with E-state index in [4.69, 9.17) is 5.73 Å². The van der Waals surface area contributed by atoms with E-state index >= 15 is 0 Å². The second-order valence-electron chi connectivity index (χ2n) is 5.79. The number of hydrogen-bond donors (Lipinski definition) is 1. The Balaban J connectivity index is 1.81. The molecule has 1 aliphatic heterocycles. The van der Waals surface area contributed by atoms with Crippen molar-refractivity contribution in [2.75, 3.05) is 6.54 Å². The molecule has 0 saturated heterocycles. The van der Waals surface area contributed by atoms with Gasteiger partial charge in [-0.1, -0.05) is 44.0 Å². The van der Waals surface area contributed by atoms with E-state index in [0.717, 1.165) is 32.5 Å². The van der Waals surface area contributed by atoms with Crippen LogP contribution in [0.5, 0.6) is 0 Å². The summed E-state index contributed by atoms with van der Waals surface area (Å²) in [5.41, 5.74) is 8.25. The van der Waals surface area contributed by atoms with Crippen LogP contribution in [0.3, 0.4) is 0 Å². The molecule has 0 fully saturated rings. The smallest absolute Gasteiger partial charge is 0.223 e. The van der Waals surface area contributed by atoms with Crippen LogP contribution in [0.25, 0.3) is 0 Å². The molecule has 0 radical (unpaired) electrons. The van der Waals surface area contributed by atoms with Gasteiger partial charge in [0.2, 0.25) is 5.91 Å². The fourth-order valence-corrected chi connectivity index (χ4v) is 3.07. The molecule has 3 nitrogen and oxygen atoms in total. The molecule has 20 heavy (non-hydrogen) atoms. The largest absolute Gasteiger partial charge is 0.334 e. The average Bonchev–Trinajstić information content (AvgIpc) is 2.89. The van der Waals surface area contributed by atoms with Crippen molar-refractivity contribution in [3.05, 3.63) is 35.4 Å². The Labute approximate surface area is 122 Å². The van der Waals surface area contributed by atoms with Crippen LogP contribution >= 0.6 is 0 Å². The zero-order valence-electron chi connectivity index (χ0n) is 12.5. The van der Waals surface area contributed by atoms with Gasteiger partial charge in [0, 0.05) is 19.5 Å². The minimum absolute atomic E-state index is 0.291. The van der Waals surface area contributed by atoms with Crippen molar-refractivity contribution < 1.29 is 4.79 Å². The maximum Gasteiger partial charge on any atom is 0.223 e. The Morgan fingerprint density at radius 2 is 1.85 bits per heavy atom. The molecule has 1 heterocycles. The molecule has 1 unspecified atom stereocenters. The molecule has 1 aliphatic rings. The lowest BCUT2D eigenvalue weighted by atomic mass is 9.94. The zero-order chi connectivity index (χ0) is 14.4. The second kappa shape index (κ2) is 7.44. The van der Waals surface area contributed by atoms with Gasteiger partial charge in [-0.2, -0.15) is 0 Å². The van der Waals surface area contributed by atoms with E-state index in [1.54, 1.807) is 0 Å². The Bertz CT molecular complexity index is 413. The lowest BCUT2D eigenvalue weighted by Crippen LogP contribution is -2.25. The molecule has 2 rings (SSSR count). The predicted octanol–water partition coefficient (Wildman–Crippen LogP) is 3.07. The Kier molecular flexibility index (Phi) is 5.60. The SMILES string of the molecule is CCCC(CCN)CCC(=O)N1Cc2ccccc2C1. The van der Waals surface area contributed by atoms with Crippen LogP contribution in [-0.2, 0) is 17.9 Å². The summed E-state index contributed by atoms with van der Waals surface area (Å²) in [6.07, 6.45) is 5.05. The van der Waals surface area contributed by atoms with Gasteiger partial charge in [-0.25, -0.2) is 0 Å². The number of nitrogens with zero attached hydrogens (tertiary/aromatic N) is 1. The van der Waals surface area contributed by atoms with Crippen molar-refractivity contribution >= 4 is 5.91 Å². The molecule has 3 heteroatoms. The molecule has 2 N–H and O–H groups in total. The predicted molar refractivity (Wildman–Crippen MR) is 82.0 cm³/mol. The first-order valence-corrected chi connectivity index (χ1v) is 7.79. The lowest BCUT2D eigenvalue weighted by molar-refractivity contribution is -0.132. The summed E-state index contributed by atoms with van der Waals surface area (Å²) in [6.45, 7) is 4.49. The number of nitrogens with two attached hydrogens (primary N) is 1. The number of amides is 1. The monoisotopic (exact) mass is 274 g/mol. The number of hydrogen-bond acceptors (Lipinski definition) is 2. The minimum atomic E-state index is 0.291. The van der Waals surface area contributed by atoms with Crippen LogP contribution in [0, 0.1) is 5.92 Å². The lowest BCUT2D eigenvalue weighted by Gasteiger charge is -2.19. The van der Waals surface area contributed by atoms with Gasteiger partial charge in [0.1, 0.15) is 0 Å². The Hall–Kier alpha value is -1.35. The van der Waals surface area contributed by atoms with Crippen molar-refractivity contribution in [2.45, 2.75) is 52.1 Å². The van der Waals surface area contributed by atoms with Crippen molar-refractivity contribution in [3.63, 3.8) is 0 Å². The van der Waals surface area contributed by atoms with E-state index in [-0.39, 0.29) is 0 Å². The molecular formula is C17H26N2O. The highest BCUT2D eigenvalue weighted by atomic mass is 16.2. The summed E-state index contributed by atoms with van der Waals surface area (Å²) in [4.78, 5) is 14.3. The fourth-order valence-electron chi connectivity index (χ4n) is 3.07. The van der Waals surface area contributed by atoms with E-state index in [9.17, 15) is 4.79 Å². The molecule has 1 aromatic carbocycles. The number of fused-ring (bicyclic) bond motifs is 1. The van der Waals surface area contributed by atoms with Crippen LogP contribution in [-0.4, -0.2) is 17.4 Å². The Morgan fingerprint density at radius 1 is 1.20 bits per heavy atom. The third-order valence-corrected chi connectivity index (χ3v) is 4.23. The van der Waals surface area contributed by atoms with Crippen molar-refractivity contribution in [3.8, 4) is 0 Å². The van der Waals surface area contributed by atoms with Crippen LogP contribution in [0.15, 0.2) is 24.3 Å². The second-order valence-corrected chi connectivity index (χ2v) is 5.79. The average molecular weight is 274 g/mol. The highest BCUT2D eigenvalue weighted by Crippen LogP contribution is 2.24. The molecule has 0 saturated carbocycles. The number of carbonyl (C=O) groups excluding carboxylic acids is 1. The van der Waals surface area contributed by atoms with Gasteiger partial charge < -0.3 is 10.6 Å². The fraction of sp³-hybridized carbons (Fsp3) is 0.588. The minimum Gasteiger partial charge on any atom is -0.334 e. The summed E-state index contributed by atoms with van der Waals surface area (Å²) in [5, 5.41) is 0. The highest BCUT2D eigenvalue weighted by Gasteiger charge is 2.23. The Morgan fingerprint density at radius 3 is 2.40 bits per heavy atom. The number of benzene rings is 1. The van der Waals surface area contributed by atoms with Crippen LogP contribution < -0.4 is 5.73 Å². The normalized spacial score (nSPS) is 15.2. The van der Waals surface area contributed by atoms with Crippen molar-refractivity contribution in [1.29, 1.82) is 0 Å². The van der Waals surface area contributed by atoms with E-state index in [2.05, 4.69) is 19.1 Å². The zero-order valence-corrected chi connectivity index (χ0v) is 12.5. The number of carbonyl (C=O) groups is 1. The summed E-state index contributed by atoms with van der Waals surface area (Å²) >= 11 is 0. The molecule has 110 valence electrons. The van der Waals surface area contributed by atoms with Crippen molar-refractivity contribution in [1.82, 2.24) is 4.90 Å². The summed E-state index contributed by atoms with van der Waals surface area (Å²) in [5.74, 6) is 0.901. The third-order valence-electron chi connectivity index (χ3n) is 4.23. The first-order chi connectivity index (χ1) is 9.74. The molecule has 1 amide bonds. The van der Waals surface area contributed by atoms with E-state index in [0.29, 0.717) is 18.2 Å². The molecule has 0 spiro atoms. The third kappa shape index (κ3) is 3.83. The topological polar surface area (TPSA) is 46.3 Å². The number of rotatable bonds is 7. The maximum absolute atomic E-state index is 12.3. The van der Waals surface area contributed by atoms with Gasteiger partial charge in [0.25, 0.3) is 0 Å². The first kappa shape index (κ1) is 15.0. The van der Waals surface area contributed by atoms with Gasteiger partial charge >= 0.3 is 0 Å². The van der Waals surface area contributed by atoms with Crippen LogP contribution in [0.1, 0.15) is 50.2 Å². The highest BCUT2D eigenvalue weighted by molar-refractivity contribution is 5.77. The standard InChI is InChI=1S/C17H26N2O/c1-2-5-14(10-11-18)8-9-17(20)19-12-15-6-3-4-7-16(15)13-19/h3-4,6-7,14H,2,5,8-13,18H2,1H3. The van der Waals surface area contributed by atoms with E-state index in [1.807, 2.05) is 17.0 Å². The summed E-state index contributed by atoms with van der Waals surface area (Å²) < 4.78 is 0. The van der Waals surface area contributed by atoms with E-state index < -0.39 is 0 Å². The molecular weight excluding hydrogens is 248 g/mol. The van der Waals surface area contributed by atoms with E-state index in [1.165, 1.54) is 24.0 Å². The maximum atomic E-state index is 12.3. The van der Waals surface area contributed by atoms with Crippen molar-refractivity contribution in [2.24, 2.45) is 11.7 Å². The molecule has 0 aromatic heterocycles. The van der Waals surface area contributed by atoms with Crippen LogP contribution in [0.4, 0.5) is 0 Å². The molecule has 1 aromatic rings.